The number of amides is 1. The van der Waals surface area contributed by atoms with Gasteiger partial charge in [0.25, 0.3) is 0 Å². The van der Waals surface area contributed by atoms with Crippen molar-refractivity contribution in [2.75, 3.05) is 13.1 Å². The number of hydrogen-bond donors (Lipinski definition) is 2. The van der Waals surface area contributed by atoms with Crippen molar-refractivity contribution in [3.63, 3.8) is 0 Å². The molecule has 1 fully saturated rings. The molecule has 1 atom stereocenters. The van der Waals surface area contributed by atoms with Crippen LogP contribution in [0.4, 0.5) is 4.39 Å². The van der Waals surface area contributed by atoms with Crippen molar-refractivity contribution in [2.24, 2.45) is 5.92 Å². The second-order valence-corrected chi connectivity index (χ2v) is 5.30. The molecule has 0 bridgehead atoms. The van der Waals surface area contributed by atoms with Gasteiger partial charge in [-0.1, -0.05) is 17.7 Å². The van der Waals surface area contributed by atoms with Crippen LogP contribution >= 0.6 is 11.6 Å². The molecule has 1 amide bonds. The zero-order chi connectivity index (χ0) is 13.8. The fourth-order valence-electron chi connectivity index (χ4n) is 2.41. The Morgan fingerprint density at radius 2 is 2.16 bits per heavy atom. The Labute approximate surface area is 117 Å². The molecule has 0 aromatic heterocycles. The van der Waals surface area contributed by atoms with Gasteiger partial charge in [-0.2, -0.15) is 0 Å². The lowest BCUT2D eigenvalue weighted by atomic mass is 9.96. The molecule has 19 heavy (non-hydrogen) atoms. The highest BCUT2D eigenvalue weighted by Gasteiger charge is 2.24. The van der Waals surface area contributed by atoms with Gasteiger partial charge in [-0.15, -0.1) is 0 Å². The van der Waals surface area contributed by atoms with Crippen molar-refractivity contribution >= 4 is 17.5 Å². The van der Waals surface area contributed by atoms with Gasteiger partial charge in [-0.3, -0.25) is 4.79 Å². The molecule has 0 aliphatic carbocycles. The first kappa shape index (κ1) is 14.3. The number of carbonyl (C=O) groups excluding carboxylic acids is 1. The van der Waals surface area contributed by atoms with Gasteiger partial charge in [0.2, 0.25) is 5.91 Å². The Bertz CT molecular complexity index is 441. The largest absolute Gasteiger partial charge is 0.349 e. The summed E-state index contributed by atoms with van der Waals surface area (Å²) in [6, 6.07) is 4.13. The Kier molecular flexibility index (Phi) is 4.77. The van der Waals surface area contributed by atoms with E-state index >= 15 is 0 Å². The van der Waals surface area contributed by atoms with Crippen LogP contribution in [0, 0.1) is 11.7 Å². The molecule has 1 aliphatic heterocycles. The Hall–Kier alpha value is -1.13. The molecule has 1 unspecified atom stereocenters. The fourth-order valence-corrected chi connectivity index (χ4v) is 2.74. The predicted molar refractivity (Wildman–Crippen MR) is 73.6 cm³/mol. The van der Waals surface area contributed by atoms with Crippen molar-refractivity contribution in [2.45, 2.75) is 25.8 Å². The zero-order valence-electron chi connectivity index (χ0n) is 10.9. The van der Waals surface area contributed by atoms with Gasteiger partial charge in [-0.25, -0.2) is 4.39 Å². The second-order valence-electron chi connectivity index (χ2n) is 4.89. The maximum Gasteiger partial charge on any atom is 0.223 e. The van der Waals surface area contributed by atoms with Crippen LogP contribution in [0.2, 0.25) is 5.02 Å². The number of halogens is 2. The highest BCUT2D eigenvalue weighted by molar-refractivity contribution is 6.31. The molecule has 104 valence electrons. The van der Waals surface area contributed by atoms with Crippen LogP contribution in [0.1, 0.15) is 31.4 Å². The van der Waals surface area contributed by atoms with Crippen molar-refractivity contribution in [1.82, 2.24) is 10.6 Å². The highest BCUT2D eigenvalue weighted by Crippen LogP contribution is 2.26. The van der Waals surface area contributed by atoms with E-state index in [0.717, 1.165) is 25.9 Å². The molecular formula is C14H18ClFN2O. The first-order valence-corrected chi connectivity index (χ1v) is 6.92. The van der Waals surface area contributed by atoms with Gasteiger partial charge in [0.05, 0.1) is 6.04 Å². The summed E-state index contributed by atoms with van der Waals surface area (Å²) in [6.45, 7) is 3.46. The van der Waals surface area contributed by atoms with Crippen LogP contribution in [-0.4, -0.2) is 19.0 Å². The number of carbonyl (C=O) groups is 1. The van der Waals surface area contributed by atoms with E-state index in [-0.39, 0.29) is 17.6 Å². The Balaban J connectivity index is 2.04. The quantitative estimate of drug-likeness (QED) is 0.896. The van der Waals surface area contributed by atoms with Gasteiger partial charge < -0.3 is 10.6 Å². The van der Waals surface area contributed by atoms with Crippen LogP contribution in [0.5, 0.6) is 0 Å². The summed E-state index contributed by atoms with van der Waals surface area (Å²) in [4.78, 5) is 12.1. The number of rotatable bonds is 3. The zero-order valence-corrected chi connectivity index (χ0v) is 11.6. The molecule has 0 spiro atoms. The highest BCUT2D eigenvalue weighted by atomic mass is 35.5. The lowest BCUT2D eigenvalue weighted by Gasteiger charge is -2.24. The first-order valence-electron chi connectivity index (χ1n) is 6.54. The number of piperidine rings is 1. The van der Waals surface area contributed by atoms with Crippen molar-refractivity contribution in [3.05, 3.63) is 34.6 Å². The smallest absolute Gasteiger partial charge is 0.223 e. The molecule has 2 rings (SSSR count). The minimum Gasteiger partial charge on any atom is -0.349 e. The number of nitrogens with one attached hydrogen (secondary N) is 2. The lowest BCUT2D eigenvalue weighted by molar-refractivity contribution is -0.126. The summed E-state index contributed by atoms with van der Waals surface area (Å²) in [5.41, 5.74) is 0.353. The van der Waals surface area contributed by atoms with E-state index in [2.05, 4.69) is 10.6 Å². The molecule has 0 saturated carbocycles. The topological polar surface area (TPSA) is 41.1 Å². The van der Waals surface area contributed by atoms with E-state index in [1.54, 1.807) is 19.1 Å². The molecule has 1 saturated heterocycles. The van der Waals surface area contributed by atoms with E-state index in [9.17, 15) is 9.18 Å². The number of hydrogen-bond acceptors (Lipinski definition) is 2. The van der Waals surface area contributed by atoms with Gasteiger partial charge >= 0.3 is 0 Å². The molecule has 5 heteroatoms. The van der Waals surface area contributed by atoms with Crippen molar-refractivity contribution in [1.29, 1.82) is 0 Å². The molecular weight excluding hydrogens is 267 g/mol. The fraction of sp³-hybridized carbons (Fsp3) is 0.500. The average molecular weight is 285 g/mol. The summed E-state index contributed by atoms with van der Waals surface area (Å²) in [7, 11) is 0. The minimum atomic E-state index is -0.420. The van der Waals surface area contributed by atoms with Crippen molar-refractivity contribution in [3.8, 4) is 0 Å². The van der Waals surface area contributed by atoms with E-state index < -0.39 is 6.04 Å². The van der Waals surface area contributed by atoms with Crippen LogP contribution in [0.15, 0.2) is 18.2 Å². The minimum absolute atomic E-state index is 0.00856. The van der Waals surface area contributed by atoms with Crippen LogP contribution in [0.3, 0.4) is 0 Å². The maximum atomic E-state index is 13.7. The molecule has 0 radical (unpaired) electrons. The summed E-state index contributed by atoms with van der Waals surface area (Å²) in [6.07, 6.45) is 1.65. The van der Waals surface area contributed by atoms with Gasteiger partial charge in [0.1, 0.15) is 5.82 Å². The monoisotopic (exact) mass is 284 g/mol. The first-order chi connectivity index (χ1) is 9.09. The number of benzene rings is 1. The molecule has 1 aromatic rings. The van der Waals surface area contributed by atoms with E-state index in [4.69, 9.17) is 11.6 Å². The molecule has 3 nitrogen and oxygen atoms in total. The lowest BCUT2D eigenvalue weighted by Crippen LogP contribution is -2.39. The second kappa shape index (κ2) is 6.35. The van der Waals surface area contributed by atoms with Crippen LogP contribution in [-0.2, 0) is 4.79 Å². The Morgan fingerprint density at radius 1 is 1.47 bits per heavy atom. The average Bonchev–Trinajstić information content (AvgIpc) is 2.39. The summed E-state index contributed by atoms with van der Waals surface area (Å²) in [5, 5.41) is 6.41. The van der Waals surface area contributed by atoms with Crippen LogP contribution < -0.4 is 10.6 Å². The summed E-state index contributed by atoms with van der Waals surface area (Å²) < 4.78 is 13.7. The van der Waals surface area contributed by atoms with E-state index in [1.165, 1.54) is 6.07 Å². The van der Waals surface area contributed by atoms with Crippen molar-refractivity contribution < 1.29 is 9.18 Å². The normalized spacial score (nSPS) is 18.1. The van der Waals surface area contributed by atoms with Gasteiger partial charge in [0, 0.05) is 16.5 Å². The third-order valence-corrected chi connectivity index (χ3v) is 3.83. The molecule has 1 aromatic carbocycles. The van der Waals surface area contributed by atoms with Crippen LogP contribution in [0.25, 0.3) is 0 Å². The summed E-state index contributed by atoms with van der Waals surface area (Å²) in [5.74, 6) is -0.395. The third kappa shape index (κ3) is 3.45. The van der Waals surface area contributed by atoms with E-state index in [1.807, 2.05) is 0 Å². The predicted octanol–water partition coefficient (Wildman–Crippen LogP) is 2.66. The third-order valence-electron chi connectivity index (χ3n) is 3.50. The Morgan fingerprint density at radius 3 is 2.79 bits per heavy atom. The molecule has 1 heterocycles. The molecule has 1 aliphatic rings. The SMILES string of the molecule is CC(NC(=O)C1CCNCC1)c1c(F)cccc1Cl. The summed E-state index contributed by atoms with van der Waals surface area (Å²) >= 11 is 5.99. The molecule has 2 N–H and O–H groups in total. The van der Waals surface area contributed by atoms with Gasteiger partial charge in [-0.05, 0) is 45.0 Å². The standard InChI is InChI=1S/C14H18ClFN2O/c1-9(13-11(15)3-2-4-12(13)16)18-14(19)10-5-7-17-8-6-10/h2-4,9-10,17H,5-8H2,1H3,(H,18,19). The van der Waals surface area contributed by atoms with E-state index in [0.29, 0.717) is 10.6 Å². The maximum absolute atomic E-state index is 13.7. The van der Waals surface area contributed by atoms with Gasteiger partial charge in [0.15, 0.2) is 0 Å².